The van der Waals surface area contributed by atoms with Crippen LogP contribution < -0.4 is 0 Å². The summed E-state index contributed by atoms with van der Waals surface area (Å²) in [7, 11) is 1.86. The first-order valence-electron chi connectivity index (χ1n) is 8.05. The number of para-hydroxylation sites is 1. The molecule has 1 aromatic carbocycles. The van der Waals surface area contributed by atoms with Crippen molar-refractivity contribution in [2.24, 2.45) is 0 Å². The summed E-state index contributed by atoms with van der Waals surface area (Å²) in [6.07, 6.45) is 3.71. The van der Waals surface area contributed by atoms with Gasteiger partial charge in [-0.1, -0.05) is 30.0 Å². The maximum absolute atomic E-state index is 12.5. The summed E-state index contributed by atoms with van der Waals surface area (Å²) in [4.78, 5) is 19.9. The van der Waals surface area contributed by atoms with E-state index in [1.807, 2.05) is 29.9 Å². The highest BCUT2D eigenvalue weighted by Gasteiger charge is 2.14. The Balaban J connectivity index is 1.64. The second kappa shape index (κ2) is 7.89. The smallest absolute Gasteiger partial charge is 0.233 e. The highest BCUT2D eigenvalue weighted by atomic mass is 32.2. The van der Waals surface area contributed by atoms with Gasteiger partial charge in [0.05, 0.1) is 18.0 Å². The Morgan fingerprint density at radius 1 is 1.24 bits per heavy atom. The van der Waals surface area contributed by atoms with E-state index >= 15 is 0 Å². The number of nitrogens with zero attached hydrogens (tertiary/aromatic N) is 3. The van der Waals surface area contributed by atoms with E-state index in [9.17, 15) is 4.79 Å². The summed E-state index contributed by atoms with van der Waals surface area (Å²) in [5.41, 5.74) is 3.52. The van der Waals surface area contributed by atoms with E-state index in [0.29, 0.717) is 12.3 Å². The lowest BCUT2D eigenvalue weighted by Crippen LogP contribution is -2.27. The molecule has 130 valence electrons. The normalized spacial score (nSPS) is 10.8. The largest absolute Gasteiger partial charge is 0.340 e. The molecule has 0 aliphatic heterocycles. The average molecular weight is 372 g/mol. The van der Waals surface area contributed by atoms with E-state index in [4.69, 9.17) is 0 Å². The van der Waals surface area contributed by atoms with Crippen LogP contribution in [0.15, 0.2) is 53.3 Å². The fourth-order valence-corrected chi connectivity index (χ4v) is 4.38. The average Bonchev–Trinajstić information content (AvgIpc) is 3.22. The van der Waals surface area contributed by atoms with Crippen LogP contribution in [-0.2, 0) is 11.3 Å². The predicted molar refractivity (Wildman–Crippen MR) is 105 cm³/mol. The molecule has 25 heavy (non-hydrogen) atoms. The van der Waals surface area contributed by atoms with Crippen molar-refractivity contribution in [2.75, 3.05) is 12.8 Å². The summed E-state index contributed by atoms with van der Waals surface area (Å²) >= 11 is 3.17. The molecule has 0 atom stereocenters. The number of thioether (sulfide) groups is 1. The van der Waals surface area contributed by atoms with Crippen LogP contribution in [0, 0.1) is 13.8 Å². The number of aryl methyl sites for hydroxylation is 2. The molecule has 0 aliphatic rings. The number of carbonyl (C=O) groups is 1. The molecule has 0 saturated carbocycles. The number of hydrogen-bond donors (Lipinski definition) is 0. The van der Waals surface area contributed by atoms with Crippen molar-refractivity contribution in [3.8, 4) is 5.69 Å². The SMILES string of the molecule is Cc1ccccc1-n1ccnc1SCC(=O)N(C)Cc1sccc1C. The van der Waals surface area contributed by atoms with Gasteiger partial charge in [-0.05, 0) is 42.5 Å². The van der Waals surface area contributed by atoms with Crippen LogP contribution >= 0.6 is 23.1 Å². The summed E-state index contributed by atoms with van der Waals surface area (Å²) < 4.78 is 2.04. The van der Waals surface area contributed by atoms with Gasteiger partial charge >= 0.3 is 0 Å². The van der Waals surface area contributed by atoms with E-state index in [1.54, 1.807) is 22.4 Å². The van der Waals surface area contributed by atoms with E-state index < -0.39 is 0 Å². The number of carbonyl (C=O) groups excluding carboxylic acids is 1. The van der Waals surface area contributed by atoms with Gasteiger partial charge in [0, 0.05) is 24.3 Å². The third kappa shape index (κ3) is 4.14. The highest BCUT2D eigenvalue weighted by molar-refractivity contribution is 7.99. The van der Waals surface area contributed by atoms with Crippen LogP contribution in [0.4, 0.5) is 0 Å². The second-order valence-corrected chi connectivity index (χ2v) is 7.87. The van der Waals surface area contributed by atoms with Crippen molar-refractivity contribution in [2.45, 2.75) is 25.5 Å². The predicted octanol–water partition coefficient (Wildman–Crippen LogP) is 4.30. The van der Waals surface area contributed by atoms with Gasteiger partial charge in [-0.25, -0.2) is 4.98 Å². The van der Waals surface area contributed by atoms with Gasteiger partial charge in [0.25, 0.3) is 0 Å². The molecule has 0 spiro atoms. The Morgan fingerprint density at radius 2 is 2.04 bits per heavy atom. The van der Waals surface area contributed by atoms with Crippen LogP contribution in [0.5, 0.6) is 0 Å². The number of aromatic nitrogens is 2. The maximum atomic E-state index is 12.5. The van der Waals surface area contributed by atoms with E-state index in [1.165, 1.54) is 27.8 Å². The molecular weight excluding hydrogens is 350 g/mol. The van der Waals surface area contributed by atoms with Gasteiger partial charge in [-0.15, -0.1) is 11.3 Å². The minimum atomic E-state index is 0.108. The number of hydrogen-bond acceptors (Lipinski definition) is 4. The fourth-order valence-electron chi connectivity index (χ4n) is 2.52. The first-order chi connectivity index (χ1) is 12.1. The fraction of sp³-hybridized carbons (Fsp3) is 0.263. The van der Waals surface area contributed by atoms with E-state index in [-0.39, 0.29) is 5.91 Å². The number of rotatable bonds is 6. The molecule has 6 heteroatoms. The Labute approximate surface area is 156 Å². The van der Waals surface area contributed by atoms with Crippen molar-refractivity contribution in [1.82, 2.24) is 14.5 Å². The Hall–Kier alpha value is -2.05. The van der Waals surface area contributed by atoms with Crippen LogP contribution in [-0.4, -0.2) is 33.2 Å². The molecule has 3 rings (SSSR count). The van der Waals surface area contributed by atoms with Gasteiger partial charge in [0.2, 0.25) is 5.91 Å². The lowest BCUT2D eigenvalue weighted by molar-refractivity contribution is -0.127. The van der Waals surface area contributed by atoms with Crippen molar-refractivity contribution in [3.63, 3.8) is 0 Å². The van der Waals surface area contributed by atoms with E-state index in [2.05, 4.69) is 42.4 Å². The van der Waals surface area contributed by atoms with E-state index in [0.717, 1.165) is 10.8 Å². The molecular formula is C19H21N3OS2. The zero-order valence-corrected chi connectivity index (χ0v) is 16.2. The minimum absolute atomic E-state index is 0.108. The molecule has 2 heterocycles. The molecule has 0 N–H and O–H groups in total. The van der Waals surface area contributed by atoms with Crippen LogP contribution in [0.3, 0.4) is 0 Å². The van der Waals surface area contributed by atoms with Gasteiger partial charge in [-0.3, -0.25) is 9.36 Å². The first-order valence-corrected chi connectivity index (χ1v) is 9.92. The zero-order chi connectivity index (χ0) is 17.8. The first kappa shape index (κ1) is 17.8. The summed E-state index contributed by atoms with van der Waals surface area (Å²) in [5, 5.41) is 2.90. The third-order valence-electron chi connectivity index (χ3n) is 4.08. The quantitative estimate of drug-likeness (QED) is 0.606. The molecule has 0 radical (unpaired) electrons. The van der Waals surface area contributed by atoms with Crippen LogP contribution in [0.25, 0.3) is 5.69 Å². The third-order valence-corrected chi connectivity index (χ3v) is 6.04. The number of imidazole rings is 1. The van der Waals surface area contributed by atoms with Crippen molar-refractivity contribution >= 4 is 29.0 Å². The molecule has 0 bridgehead atoms. The lowest BCUT2D eigenvalue weighted by atomic mass is 10.2. The molecule has 0 unspecified atom stereocenters. The van der Waals surface area contributed by atoms with Gasteiger partial charge in [-0.2, -0.15) is 0 Å². The molecule has 1 amide bonds. The van der Waals surface area contributed by atoms with Crippen molar-refractivity contribution in [1.29, 1.82) is 0 Å². The standard InChI is InChI=1S/C19H21N3OS2/c1-14-6-4-5-7-16(14)22-10-9-20-19(22)25-13-18(23)21(3)12-17-15(2)8-11-24-17/h4-11H,12-13H2,1-3H3. The van der Waals surface area contributed by atoms with Crippen molar-refractivity contribution in [3.05, 3.63) is 64.1 Å². The number of benzene rings is 1. The topological polar surface area (TPSA) is 38.1 Å². The monoisotopic (exact) mass is 371 g/mol. The van der Waals surface area contributed by atoms with Gasteiger partial charge in [0.1, 0.15) is 0 Å². The molecule has 0 fully saturated rings. The van der Waals surface area contributed by atoms with Gasteiger partial charge in [0.15, 0.2) is 5.16 Å². The highest BCUT2D eigenvalue weighted by Crippen LogP contribution is 2.23. The minimum Gasteiger partial charge on any atom is -0.340 e. The van der Waals surface area contributed by atoms with Gasteiger partial charge < -0.3 is 4.90 Å². The number of amides is 1. The van der Waals surface area contributed by atoms with Crippen molar-refractivity contribution < 1.29 is 4.79 Å². The second-order valence-electron chi connectivity index (χ2n) is 5.93. The lowest BCUT2D eigenvalue weighted by Gasteiger charge is -2.17. The number of thiophene rings is 1. The van der Waals surface area contributed by atoms with Crippen LogP contribution in [0.2, 0.25) is 0 Å². The summed E-state index contributed by atoms with van der Waals surface area (Å²) in [6, 6.07) is 10.3. The summed E-state index contributed by atoms with van der Waals surface area (Å²) in [6.45, 7) is 4.82. The van der Waals surface area contributed by atoms with Crippen LogP contribution in [0.1, 0.15) is 16.0 Å². The molecule has 2 aromatic heterocycles. The molecule has 3 aromatic rings. The Morgan fingerprint density at radius 3 is 2.76 bits per heavy atom. The maximum Gasteiger partial charge on any atom is 0.233 e. The molecule has 4 nitrogen and oxygen atoms in total. The zero-order valence-electron chi connectivity index (χ0n) is 14.6. The molecule has 0 aliphatic carbocycles. The summed E-state index contributed by atoms with van der Waals surface area (Å²) in [5.74, 6) is 0.487. The molecule has 0 saturated heterocycles. The Kier molecular flexibility index (Phi) is 5.60. The Bertz CT molecular complexity index is 869.